The maximum atomic E-state index is 12.6. The van der Waals surface area contributed by atoms with Crippen molar-refractivity contribution in [2.75, 3.05) is 5.32 Å². The lowest BCUT2D eigenvalue weighted by Gasteiger charge is -2.43. The Kier molecular flexibility index (Phi) is 6.64. The first-order valence-corrected chi connectivity index (χ1v) is 9.90. The van der Waals surface area contributed by atoms with Crippen molar-refractivity contribution in [1.29, 1.82) is 0 Å². The first-order chi connectivity index (χ1) is 14.0. The summed E-state index contributed by atoms with van der Waals surface area (Å²) in [7, 11) is 0. The summed E-state index contributed by atoms with van der Waals surface area (Å²) < 4.78 is 30.0. The predicted octanol–water partition coefficient (Wildman–Crippen LogP) is 6.29. The van der Waals surface area contributed by atoms with Gasteiger partial charge in [-0.05, 0) is 37.0 Å². The molecule has 4 rings (SSSR count). The van der Waals surface area contributed by atoms with Gasteiger partial charge in [-0.15, -0.1) is 10.2 Å². The third kappa shape index (κ3) is 4.48. The standard InChI is InChI=1S/C17H13Cl2F2N5O.C2H6/c18-10-2-3-11(12(19)6-10)17(4-1-5-17)24-16-22-7-9(8-23-16)14-25-26-15(27-14)13(20)21;1-2/h2-3,6-8,13H,1,4-5H2,(H,22,23,24);1-2H3. The molecule has 0 bridgehead atoms. The Balaban J connectivity index is 0.00000117. The second-order valence-corrected chi connectivity index (χ2v) is 7.07. The molecule has 0 amide bonds. The molecular formula is C19H19Cl2F2N5O. The molecule has 0 atom stereocenters. The number of nitrogens with one attached hydrogen (secondary N) is 1. The molecule has 1 fully saturated rings. The van der Waals surface area contributed by atoms with Gasteiger partial charge in [-0.2, -0.15) is 8.78 Å². The minimum absolute atomic E-state index is 0.0593. The summed E-state index contributed by atoms with van der Waals surface area (Å²) in [6.07, 6.45) is 2.85. The topological polar surface area (TPSA) is 76.7 Å². The number of alkyl halides is 2. The van der Waals surface area contributed by atoms with E-state index in [4.69, 9.17) is 27.6 Å². The van der Waals surface area contributed by atoms with E-state index in [2.05, 4.69) is 25.5 Å². The lowest BCUT2D eigenvalue weighted by Crippen LogP contribution is -2.42. The van der Waals surface area contributed by atoms with Crippen molar-refractivity contribution in [2.45, 2.75) is 45.1 Å². The molecule has 0 spiro atoms. The summed E-state index contributed by atoms with van der Waals surface area (Å²) in [6, 6.07) is 5.40. The quantitative estimate of drug-likeness (QED) is 0.501. The second-order valence-electron chi connectivity index (χ2n) is 6.23. The molecule has 154 valence electrons. The largest absolute Gasteiger partial charge is 0.415 e. The molecule has 0 aliphatic heterocycles. The first-order valence-electron chi connectivity index (χ1n) is 9.14. The summed E-state index contributed by atoms with van der Waals surface area (Å²) in [4.78, 5) is 8.48. The molecule has 0 unspecified atom stereocenters. The molecule has 0 radical (unpaired) electrons. The molecule has 2 heterocycles. The van der Waals surface area contributed by atoms with Gasteiger partial charge in [0.2, 0.25) is 5.95 Å². The smallest absolute Gasteiger partial charge is 0.314 e. The fourth-order valence-corrected chi connectivity index (χ4v) is 3.62. The highest BCUT2D eigenvalue weighted by molar-refractivity contribution is 6.35. The average Bonchev–Trinajstić information content (AvgIpc) is 3.18. The number of hydrogen-bond donors (Lipinski definition) is 1. The van der Waals surface area contributed by atoms with Crippen LogP contribution in [-0.4, -0.2) is 20.2 Å². The van der Waals surface area contributed by atoms with Gasteiger partial charge in [0.1, 0.15) is 0 Å². The van der Waals surface area contributed by atoms with E-state index in [9.17, 15) is 8.78 Å². The zero-order chi connectivity index (χ0) is 21.0. The third-order valence-electron chi connectivity index (χ3n) is 4.53. The van der Waals surface area contributed by atoms with E-state index in [0.29, 0.717) is 21.6 Å². The summed E-state index contributed by atoms with van der Waals surface area (Å²) in [5.74, 6) is -0.410. The maximum absolute atomic E-state index is 12.6. The molecule has 2 aromatic heterocycles. The lowest BCUT2D eigenvalue weighted by molar-refractivity contribution is 0.116. The Hall–Kier alpha value is -2.32. The molecule has 6 nitrogen and oxygen atoms in total. The van der Waals surface area contributed by atoms with Gasteiger partial charge in [-0.25, -0.2) is 9.97 Å². The van der Waals surface area contributed by atoms with Gasteiger partial charge in [0.05, 0.1) is 11.1 Å². The molecule has 0 saturated heterocycles. The molecule has 29 heavy (non-hydrogen) atoms. The van der Waals surface area contributed by atoms with Gasteiger partial charge in [0.15, 0.2) is 0 Å². The summed E-state index contributed by atoms with van der Waals surface area (Å²) in [5, 5.41) is 11.4. The van der Waals surface area contributed by atoms with E-state index >= 15 is 0 Å². The van der Waals surface area contributed by atoms with Crippen molar-refractivity contribution in [3.8, 4) is 11.5 Å². The number of aromatic nitrogens is 4. The molecule has 1 N–H and O–H groups in total. The van der Waals surface area contributed by atoms with E-state index in [1.807, 2.05) is 19.9 Å². The van der Waals surface area contributed by atoms with Gasteiger partial charge in [-0.3, -0.25) is 0 Å². The molecule has 1 aliphatic rings. The van der Waals surface area contributed by atoms with Crippen LogP contribution in [0.3, 0.4) is 0 Å². The zero-order valence-corrected chi connectivity index (χ0v) is 17.3. The SMILES string of the molecule is CC.FC(F)c1nnc(-c2cnc(NC3(c4ccc(Cl)cc4Cl)CCC3)nc2)o1. The molecule has 1 saturated carbocycles. The normalized spacial score (nSPS) is 14.7. The van der Waals surface area contributed by atoms with Gasteiger partial charge in [0.25, 0.3) is 11.8 Å². The average molecular weight is 442 g/mol. The van der Waals surface area contributed by atoms with Crippen molar-refractivity contribution < 1.29 is 13.2 Å². The van der Waals surface area contributed by atoms with Crippen LogP contribution in [-0.2, 0) is 5.54 Å². The minimum Gasteiger partial charge on any atom is -0.415 e. The Morgan fingerprint density at radius 1 is 1.10 bits per heavy atom. The minimum atomic E-state index is -2.82. The highest BCUT2D eigenvalue weighted by Gasteiger charge is 2.40. The van der Waals surface area contributed by atoms with Crippen LogP contribution in [0.15, 0.2) is 35.0 Å². The van der Waals surface area contributed by atoms with E-state index in [-0.39, 0.29) is 11.4 Å². The summed E-state index contributed by atoms with van der Waals surface area (Å²) in [6.45, 7) is 4.00. The number of rotatable bonds is 5. The Morgan fingerprint density at radius 3 is 2.31 bits per heavy atom. The van der Waals surface area contributed by atoms with Gasteiger partial charge < -0.3 is 9.73 Å². The van der Waals surface area contributed by atoms with Crippen LogP contribution in [0.2, 0.25) is 10.0 Å². The number of anilines is 1. The van der Waals surface area contributed by atoms with Crippen LogP contribution in [0.1, 0.15) is 51.0 Å². The van der Waals surface area contributed by atoms with Crippen molar-refractivity contribution in [1.82, 2.24) is 20.2 Å². The molecule has 3 aromatic rings. The summed E-state index contributed by atoms with van der Waals surface area (Å²) >= 11 is 12.4. The van der Waals surface area contributed by atoms with Crippen LogP contribution in [0, 0.1) is 0 Å². The van der Waals surface area contributed by atoms with Crippen molar-refractivity contribution in [2.24, 2.45) is 0 Å². The zero-order valence-electron chi connectivity index (χ0n) is 15.8. The molecule has 1 aromatic carbocycles. The van der Waals surface area contributed by atoms with E-state index in [1.54, 1.807) is 12.1 Å². The summed E-state index contributed by atoms with van der Waals surface area (Å²) in [5.41, 5.74) is 0.925. The van der Waals surface area contributed by atoms with Crippen molar-refractivity contribution in [3.05, 3.63) is 52.1 Å². The Labute approximate surface area is 176 Å². The number of halogens is 4. The number of nitrogens with zero attached hydrogens (tertiary/aromatic N) is 4. The van der Waals surface area contributed by atoms with Gasteiger partial charge in [0, 0.05) is 22.4 Å². The monoisotopic (exact) mass is 441 g/mol. The van der Waals surface area contributed by atoms with Crippen LogP contribution in [0.5, 0.6) is 0 Å². The van der Waals surface area contributed by atoms with E-state index in [1.165, 1.54) is 12.4 Å². The van der Waals surface area contributed by atoms with Crippen molar-refractivity contribution in [3.63, 3.8) is 0 Å². The molecule has 1 aliphatic carbocycles. The fourth-order valence-electron chi connectivity index (χ4n) is 3.03. The fraction of sp³-hybridized carbons (Fsp3) is 0.368. The van der Waals surface area contributed by atoms with Crippen LogP contribution in [0.4, 0.5) is 14.7 Å². The van der Waals surface area contributed by atoms with E-state index in [0.717, 1.165) is 24.8 Å². The Bertz CT molecular complexity index is 961. The lowest BCUT2D eigenvalue weighted by atomic mass is 9.72. The second kappa shape index (κ2) is 9.00. The maximum Gasteiger partial charge on any atom is 0.314 e. The van der Waals surface area contributed by atoms with Gasteiger partial charge in [-0.1, -0.05) is 43.1 Å². The van der Waals surface area contributed by atoms with Crippen LogP contribution in [0.25, 0.3) is 11.5 Å². The molecule has 10 heteroatoms. The third-order valence-corrected chi connectivity index (χ3v) is 5.08. The first kappa shape index (κ1) is 21.4. The van der Waals surface area contributed by atoms with Crippen LogP contribution >= 0.6 is 23.2 Å². The molecular weight excluding hydrogens is 423 g/mol. The Morgan fingerprint density at radius 2 is 1.79 bits per heavy atom. The number of hydrogen-bond acceptors (Lipinski definition) is 6. The van der Waals surface area contributed by atoms with Crippen LogP contribution < -0.4 is 5.32 Å². The number of benzene rings is 1. The predicted molar refractivity (Wildman–Crippen MR) is 107 cm³/mol. The van der Waals surface area contributed by atoms with Gasteiger partial charge >= 0.3 is 6.43 Å². The van der Waals surface area contributed by atoms with E-state index < -0.39 is 12.3 Å². The highest BCUT2D eigenvalue weighted by Crippen LogP contribution is 2.46. The van der Waals surface area contributed by atoms with Crippen molar-refractivity contribution >= 4 is 29.2 Å². The highest BCUT2D eigenvalue weighted by atomic mass is 35.5.